The Kier molecular flexibility index (Phi) is 2.80. The van der Waals surface area contributed by atoms with Crippen molar-refractivity contribution < 1.29 is 9.53 Å². The molecule has 0 atom stereocenters. The number of benzene rings is 1. The number of thiophene rings is 1. The lowest BCUT2D eigenvalue weighted by Gasteiger charge is -2.06. The van der Waals surface area contributed by atoms with Crippen LogP contribution in [0.5, 0.6) is 5.75 Å². The maximum atomic E-state index is 12.4. The molecule has 0 aliphatic carbocycles. The highest BCUT2D eigenvalue weighted by Gasteiger charge is 2.31. The standard InChI is InChI=1S/C16H10BrNO2S/c1-20-11-4-2-9(3-5-11)12-8-21-16-14(12)18-7-10(17)6-13(18)15(16)19/h2-8H,1H3. The summed E-state index contributed by atoms with van der Waals surface area (Å²) in [6, 6.07) is 9.77. The normalized spacial score (nSPS) is 12.4. The number of methoxy groups -OCH3 is 1. The van der Waals surface area contributed by atoms with Gasteiger partial charge in [0.2, 0.25) is 5.78 Å². The molecule has 3 nitrogen and oxygen atoms in total. The average Bonchev–Trinajstić information content (AvgIpc) is 3.14. The van der Waals surface area contributed by atoms with E-state index in [2.05, 4.69) is 15.9 Å². The van der Waals surface area contributed by atoms with Crippen LogP contribution >= 0.6 is 27.3 Å². The number of fused-ring (bicyclic) bond motifs is 3. The minimum absolute atomic E-state index is 0.0976. The van der Waals surface area contributed by atoms with Crippen LogP contribution in [0.1, 0.15) is 15.4 Å². The number of hydrogen-bond acceptors (Lipinski definition) is 3. The second-order valence-electron chi connectivity index (χ2n) is 4.80. The van der Waals surface area contributed by atoms with Gasteiger partial charge in [-0.1, -0.05) is 12.1 Å². The van der Waals surface area contributed by atoms with Gasteiger partial charge in [0.25, 0.3) is 0 Å². The summed E-state index contributed by atoms with van der Waals surface area (Å²) in [5.74, 6) is 0.923. The lowest BCUT2D eigenvalue weighted by atomic mass is 10.1. The quantitative estimate of drug-likeness (QED) is 0.526. The second kappa shape index (κ2) is 4.58. The summed E-state index contributed by atoms with van der Waals surface area (Å²) in [5.41, 5.74) is 3.86. The molecule has 0 unspecified atom stereocenters. The smallest absolute Gasteiger partial charge is 0.221 e. The summed E-state index contributed by atoms with van der Waals surface area (Å²) in [7, 11) is 1.65. The van der Waals surface area contributed by atoms with Gasteiger partial charge in [-0.3, -0.25) is 4.79 Å². The first-order valence-electron chi connectivity index (χ1n) is 6.38. The first-order valence-corrected chi connectivity index (χ1v) is 8.05. The molecule has 5 heteroatoms. The van der Waals surface area contributed by atoms with Crippen molar-refractivity contribution in [1.29, 1.82) is 0 Å². The third kappa shape index (κ3) is 1.81. The summed E-state index contributed by atoms with van der Waals surface area (Å²) in [6.07, 6.45) is 1.94. The van der Waals surface area contributed by atoms with Crippen LogP contribution in [0, 0.1) is 0 Å². The summed E-state index contributed by atoms with van der Waals surface area (Å²) in [4.78, 5) is 13.2. The van der Waals surface area contributed by atoms with Gasteiger partial charge in [0.15, 0.2) is 0 Å². The molecule has 104 valence electrons. The van der Waals surface area contributed by atoms with Crippen molar-refractivity contribution in [2.45, 2.75) is 0 Å². The number of ketones is 1. The summed E-state index contributed by atoms with van der Waals surface area (Å²) in [6.45, 7) is 0. The molecule has 0 fully saturated rings. The molecule has 1 aromatic carbocycles. The van der Waals surface area contributed by atoms with Crippen LogP contribution in [0.2, 0.25) is 0 Å². The van der Waals surface area contributed by atoms with Gasteiger partial charge < -0.3 is 9.30 Å². The van der Waals surface area contributed by atoms with Gasteiger partial charge in [-0.25, -0.2) is 0 Å². The fourth-order valence-electron chi connectivity index (χ4n) is 2.63. The van der Waals surface area contributed by atoms with Crippen LogP contribution in [0.25, 0.3) is 16.8 Å². The Balaban J connectivity index is 1.91. The van der Waals surface area contributed by atoms with Crippen molar-refractivity contribution in [1.82, 2.24) is 4.57 Å². The third-order valence-electron chi connectivity index (χ3n) is 3.63. The van der Waals surface area contributed by atoms with Crippen LogP contribution in [0.4, 0.5) is 0 Å². The molecule has 0 radical (unpaired) electrons. The van der Waals surface area contributed by atoms with E-state index in [0.29, 0.717) is 0 Å². The minimum atomic E-state index is 0.0976. The highest BCUT2D eigenvalue weighted by Crippen LogP contribution is 2.42. The molecule has 0 spiro atoms. The number of ether oxygens (including phenoxy) is 1. The van der Waals surface area contributed by atoms with E-state index in [9.17, 15) is 4.79 Å². The SMILES string of the molecule is COc1ccc(-c2csc3c2-n2cc(Br)cc2C3=O)cc1. The van der Waals surface area contributed by atoms with Crippen molar-refractivity contribution in [2.24, 2.45) is 0 Å². The zero-order valence-electron chi connectivity index (χ0n) is 11.1. The van der Waals surface area contributed by atoms with Crippen LogP contribution in [-0.2, 0) is 0 Å². The Hall–Kier alpha value is -1.85. The van der Waals surface area contributed by atoms with Gasteiger partial charge in [0.05, 0.1) is 18.5 Å². The zero-order valence-corrected chi connectivity index (χ0v) is 13.5. The molecule has 2 aromatic heterocycles. The monoisotopic (exact) mass is 359 g/mol. The van der Waals surface area contributed by atoms with Gasteiger partial charge in [0, 0.05) is 21.6 Å². The van der Waals surface area contributed by atoms with Gasteiger partial charge >= 0.3 is 0 Å². The number of carbonyl (C=O) groups is 1. The van der Waals surface area contributed by atoms with Gasteiger partial charge in [0.1, 0.15) is 10.6 Å². The van der Waals surface area contributed by atoms with E-state index in [1.165, 1.54) is 11.3 Å². The summed E-state index contributed by atoms with van der Waals surface area (Å²) in [5, 5.41) is 2.04. The van der Waals surface area contributed by atoms with Crippen LogP contribution < -0.4 is 4.74 Å². The van der Waals surface area contributed by atoms with E-state index in [1.54, 1.807) is 7.11 Å². The fraction of sp³-hybridized carbons (Fsp3) is 0.0625. The first kappa shape index (κ1) is 12.9. The van der Waals surface area contributed by atoms with Crippen molar-refractivity contribution in [2.75, 3.05) is 7.11 Å². The topological polar surface area (TPSA) is 31.2 Å². The highest BCUT2D eigenvalue weighted by molar-refractivity contribution is 9.10. The van der Waals surface area contributed by atoms with Gasteiger partial charge in [-0.2, -0.15) is 0 Å². The van der Waals surface area contributed by atoms with Crippen LogP contribution in [-0.4, -0.2) is 17.5 Å². The zero-order chi connectivity index (χ0) is 14.6. The third-order valence-corrected chi connectivity index (χ3v) is 5.03. The lowest BCUT2D eigenvalue weighted by Crippen LogP contribution is -1.94. The molecule has 0 bridgehead atoms. The molecule has 4 rings (SSSR count). The number of hydrogen-bond donors (Lipinski definition) is 0. The van der Waals surface area contributed by atoms with E-state index in [0.717, 1.165) is 37.6 Å². The number of halogens is 1. The number of nitrogens with zero attached hydrogens (tertiary/aromatic N) is 1. The molecule has 0 amide bonds. The molecule has 0 saturated carbocycles. The first-order chi connectivity index (χ1) is 10.2. The minimum Gasteiger partial charge on any atom is -0.497 e. The molecule has 21 heavy (non-hydrogen) atoms. The number of rotatable bonds is 2. The molecule has 3 heterocycles. The summed E-state index contributed by atoms with van der Waals surface area (Å²) >= 11 is 4.94. The fourth-order valence-corrected chi connectivity index (χ4v) is 4.07. The van der Waals surface area contributed by atoms with Gasteiger partial charge in [-0.05, 0) is 39.7 Å². The maximum Gasteiger partial charge on any atom is 0.221 e. The van der Waals surface area contributed by atoms with Crippen molar-refractivity contribution >= 4 is 33.0 Å². The predicted molar refractivity (Wildman–Crippen MR) is 86.8 cm³/mol. The van der Waals surface area contributed by atoms with E-state index >= 15 is 0 Å². The Morgan fingerprint density at radius 2 is 2.00 bits per heavy atom. The summed E-state index contributed by atoms with van der Waals surface area (Å²) < 4.78 is 8.08. The second-order valence-corrected chi connectivity index (χ2v) is 6.59. The molecule has 1 aliphatic heterocycles. The molecular weight excluding hydrogens is 350 g/mol. The van der Waals surface area contributed by atoms with Crippen LogP contribution in [0.15, 0.2) is 46.4 Å². The average molecular weight is 360 g/mol. The van der Waals surface area contributed by atoms with E-state index in [1.807, 2.05) is 46.5 Å². The van der Waals surface area contributed by atoms with E-state index < -0.39 is 0 Å². The number of carbonyl (C=O) groups excluding carboxylic acids is 1. The largest absolute Gasteiger partial charge is 0.497 e. The lowest BCUT2D eigenvalue weighted by molar-refractivity contribution is 0.104. The number of aromatic nitrogens is 1. The van der Waals surface area contributed by atoms with Crippen molar-refractivity contribution in [3.8, 4) is 22.6 Å². The molecule has 0 N–H and O–H groups in total. The highest BCUT2D eigenvalue weighted by atomic mass is 79.9. The Bertz CT molecular complexity index is 861. The molecule has 3 aromatic rings. The van der Waals surface area contributed by atoms with Crippen molar-refractivity contribution in [3.63, 3.8) is 0 Å². The molecule has 1 aliphatic rings. The molecule has 0 saturated heterocycles. The Labute approximate surface area is 133 Å². The Morgan fingerprint density at radius 3 is 2.71 bits per heavy atom. The van der Waals surface area contributed by atoms with Crippen LogP contribution in [0.3, 0.4) is 0 Å². The van der Waals surface area contributed by atoms with Crippen molar-refractivity contribution in [3.05, 3.63) is 57.0 Å². The van der Waals surface area contributed by atoms with E-state index in [4.69, 9.17) is 4.74 Å². The van der Waals surface area contributed by atoms with Gasteiger partial charge in [-0.15, -0.1) is 11.3 Å². The molecular formula is C16H10BrNO2S. The Morgan fingerprint density at radius 1 is 1.24 bits per heavy atom. The van der Waals surface area contributed by atoms with E-state index in [-0.39, 0.29) is 5.78 Å². The maximum absolute atomic E-state index is 12.4. The predicted octanol–water partition coefficient (Wildman–Crippen LogP) is 4.52.